The van der Waals surface area contributed by atoms with Gasteiger partial charge in [-0.1, -0.05) is 19.8 Å². The Labute approximate surface area is 112 Å². The molecule has 0 aromatic carbocycles. The van der Waals surface area contributed by atoms with Gasteiger partial charge in [0.1, 0.15) is 0 Å². The SMILES string of the molecule is CCNC1CCCCC1N1CCC(COC)CC1. The van der Waals surface area contributed by atoms with Crippen LogP contribution >= 0.6 is 0 Å². The van der Waals surface area contributed by atoms with Crippen LogP contribution in [0.2, 0.25) is 0 Å². The monoisotopic (exact) mass is 254 g/mol. The molecule has 0 aromatic rings. The lowest BCUT2D eigenvalue weighted by Gasteiger charge is -2.43. The van der Waals surface area contributed by atoms with Crippen molar-refractivity contribution < 1.29 is 4.74 Å². The number of likely N-dealkylation sites (tertiary alicyclic amines) is 1. The smallest absolute Gasteiger partial charge is 0.0491 e. The Bertz CT molecular complexity index is 225. The van der Waals surface area contributed by atoms with Crippen molar-refractivity contribution in [3.8, 4) is 0 Å². The number of rotatable bonds is 5. The average molecular weight is 254 g/mol. The predicted molar refractivity (Wildman–Crippen MR) is 75.9 cm³/mol. The fourth-order valence-corrected chi connectivity index (χ4v) is 3.74. The maximum Gasteiger partial charge on any atom is 0.0491 e. The number of ether oxygens (including phenoxy) is 1. The second kappa shape index (κ2) is 7.46. The van der Waals surface area contributed by atoms with Crippen molar-refractivity contribution in [1.82, 2.24) is 10.2 Å². The van der Waals surface area contributed by atoms with Crippen LogP contribution in [0.5, 0.6) is 0 Å². The lowest BCUT2D eigenvalue weighted by molar-refractivity contribution is 0.0557. The molecule has 1 aliphatic carbocycles. The highest BCUT2D eigenvalue weighted by Gasteiger charge is 2.31. The number of methoxy groups -OCH3 is 1. The van der Waals surface area contributed by atoms with E-state index < -0.39 is 0 Å². The summed E-state index contributed by atoms with van der Waals surface area (Å²) in [6, 6.07) is 1.53. The number of hydrogen-bond donors (Lipinski definition) is 1. The third-order valence-corrected chi connectivity index (χ3v) is 4.72. The van der Waals surface area contributed by atoms with E-state index in [1.165, 1.54) is 51.6 Å². The van der Waals surface area contributed by atoms with Crippen molar-refractivity contribution >= 4 is 0 Å². The van der Waals surface area contributed by atoms with Crippen LogP contribution in [0.3, 0.4) is 0 Å². The zero-order valence-corrected chi connectivity index (χ0v) is 12.2. The van der Waals surface area contributed by atoms with Crippen molar-refractivity contribution in [1.29, 1.82) is 0 Å². The van der Waals surface area contributed by atoms with Gasteiger partial charge in [-0.05, 0) is 51.2 Å². The van der Waals surface area contributed by atoms with Gasteiger partial charge in [-0.15, -0.1) is 0 Å². The van der Waals surface area contributed by atoms with E-state index in [1.807, 2.05) is 7.11 Å². The number of nitrogens with one attached hydrogen (secondary N) is 1. The van der Waals surface area contributed by atoms with E-state index in [9.17, 15) is 0 Å². The summed E-state index contributed by atoms with van der Waals surface area (Å²) in [7, 11) is 1.83. The van der Waals surface area contributed by atoms with Gasteiger partial charge in [0.2, 0.25) is 0 Å². The molecule has 1 heterocycles. The van der Waals surface area contributed by atoms with Crippen LogP contribution < -0.4 is 5.32 Å². The maximum atomic E-state index is 5.29. The molecule has 0 radical (unpaired) electrons. The Morgan fingerprint density at radius 1 is 1.11 bits per heavy atom. The molecule has 2 rings (SSSR count). The molecule has 0 amide bonds. The van der Waals surface area contributed by atoms with Gasteiger partial charge in [0, 0.05) is 25.8 Å². The Morgan fingerprint density at radius 3 is 2.50 bits per heavy atom. The summed E-state index contributed by atoms with van der Waals surface area (Å²) in [6.45, 7) is 6.86. The van der Waals surface area contributed by atoms with Crippen molar-refractivity contribution in [3.05, 3.63) is 0 Å². The minimum atomic E-state index is 0.739. The Hall–Kier alpha value is -0.120. The summed E-state index contributed by atoms with van der Waals surface area (Å²) < 4.78 is 5.29. The first-order chi connectivity index (χ1) is 8.85. The molecule has 1 N–H and O–H groups in total. The van der Waals surface area contributed by atoms with Crippen LogP contribution in [-0.2, 0) is 4.74 Å². The summed E-state index contributed by atoms with van der Waals surface area (Å²) in [5.74, 6) is 0.799. The summed E-state index contributed by atoms with van der Waals surface area (Å²) in [4.78, 5) is 2.75. The normalized spacial score (nSPS) is 31.7. The van der Waals surface area contributed by atoms with Crippen molar-refractivity contribution in [2.75, 3.05) is 33.4 Å². The average Bonchev–Trinajstić information content (AvgIpc) is 2.41. The fourth-order valence-electron chi connectivity index (χ4n) is 3.74. The van der Waals surface area contributed by atoms with Gasteiger partial charge in [0.25, 0.3) is 0 Å². The van der Waals surface area contributed by atoms with Crippen LogP contribution in [0.1, 0.15) is 45.4 Å². The topological polar surface area (TPSA) is 24.5 Å². The number of piperidine rings is 1. The Balaban J connectivity index is 1.82. The molecule has 2 aliphatic rings. The number of nitrogens with zero attached hydrogens (tertiary/aromatic N) is 1. The molecule has 0 spiro atoms. The highest BCUT2D eigenvalue weighted by molar-refractivity contribution is 4.89. The Kier molecular flexibility index (Phi) is 5.93. The first-order valence-electron chi connectivity index (χ1n) is 7.81. The van der Waals surface area contributed by atoms with Crippen LogP contribution in [-0.4, -0.2) is 50.3 Å². The molecule has 106 valence electrons. The van der Waals surface area contributed by atoms with Gasteiger partial charge in [-0.3, -0.25) is 4.90 Å². The van der Waals surface area contributed by atoms with Gasteiger partial charge < -0.3 is 10.1 Å². The molecular weight excluding hydrogens is 224 g/mol. The number of likely N-dealkylation sites (N-methyl/N-ethyl adjacent to an activating group) is 1. The summed E-state index contributed by atoms with van der Waals surface area (Å²) in [6.07, 6.45) is 8.24. The van der Waals surface area contributed by atoms with Crippen molar-refractivity contribution in [2.45, 2.75) is 57.5 Å². The van der Waals surface area contributed by atoms with Crippen molar-refractivity contribution in [2.24, 2.45) is 5.92 Å². The second-order valence-corrected chi connectivity index (χ2v) is 5.95. The molecule has 2 atom stereocenters. The summed E-state index contributed by atoms with van der Waals surface area (Å²) >= 11 is 0. The third kappa shape index (κ3) is 3.69. The zero-order chi connectivity index (χ0) is 12.8. The largest absolute Gasteiger partial charge is 0.384 e. The standard InChI is InChI=1S/C15H30N2O/c1-3-16-14-6-4-5-7-15(14)17-10-8-13(9-11-17)12-18-2/h13-16H,3-12H2,1-2H3. The van der Waals surface area contributed by atoms with E-state index in [0.717, 1.165) is 31.2 Å². The molecule has 2 unspecified atom stereocenters. The molecule has 1 aliphatic heterocycles. The summed E-state index contributed by atoms with van der Waals surface area (Å²) in [5, 5.41) is 3.70. The van der Waals surface area contributed by atoms with Crippen molar-refractivity contribution in [3.63, 3.8) is 0 Å². The van der Waals surface area contributed by atoms with E-state index >= 15 is 0 Å². The minimum Gasteiger partial charge on any atom is -0.384 e. The third-order valence-electron chi connectivity index (χ3n) is 4.72. The molecular formula is C15H30N2O. The molecule has 3 heteroatoms. The summed E-state index contributed by atoms with van der Waals surface area (Å²) in [5.41, 5.74) is 0. The van der Waals surface area contributed by atoms with Crippen LogP contribution in [0.15, 0.2) is 0 Å². The van der Waals surface area contributed by atoms with Gasteiger partial charge in [0.05, 0.1) is 0 Å². The lowest BCUT2D eigenvalue weighted by Crippen LogP contribution is -2.54. The first kappa shape index (κ1) is 14.3. The molecule has 3 nitrogen and oxygen atoms in total. The second-order valence-electron chi connectivity index (χ2n) is 5.95. The Morgan fingerprint density at radius 2 is 1.83 bits per heavy atom. The van der Waals surface area contributed by atoms with Crippen LogP contribution in [0, 0.1) is 5.92 Å². The minimum absolute atomic E-state index is 0.739. The van der Waals surface area contributed by atoms with Gasteiger partial charge in [0.15, 0.2) is 0 Å². The van der Waals surface area contributed by atoms with Gasteiger partial charge >= 0.3 is 0 Å². The van der Waals surface area contributed by atoms with Crippen LogP contribution in [0.4, 0.5) is 0 Å². The molecule has 1 saturated carbocycles. The molecule has 18 heavy (non-hydrogen) atoms. The van der Waals surface area contributed by atoms with E-state index in [0.29, 0.717) is 0 Å². The predicted octanol–water partition coefficient (Wildman–Crippen LogP) is 2.27. The molecule has 1 saturated heterocycles. The highest BCUT2D eigenvalue weighted by atomic mass is 16.5. The first-order valence-corrected chi connectivity index (χ1v) is 7.81. The molecule has 2 fully saturated rings. The maximum absolute atomic E-state index is 5.29. The van der Waals surface area contributed by atoms with E-state index in [2.05, 4.69) is 17.1 Å². The molecule has 0 aromatic heterocycles. The zero-order valence-electron chi connectivity index (χ0n) is 12.2. The fraction of sp³-hybridized carbons (Fsp3) is 1.00. The van der Waals surface area contributed by atoms with Gasteiger partial charge in [-0.2, -0.15) is 0 Å². The van der Waals surface area contributed by atoms with E-state index in [4.69, 9.17) is 4.74 Å². The van der Waals surface area contributed by atoms with E-state index in [1.54, 1.807) is 0 Å². The van der Waals surface area contributed by atoms with E-state index in [-0.39, 0.29) is 0 Å². The quantitative estimate of drug-likeness (QED) is 0.814. The lowest BCUT2D eigenvalue weighted by atomic mass is 9.86. The van der Waals surface area contributed by atoms with Crippen LogP contribution in [0.25, 0.3) is 0 Å². The number of hydrogen-bond acceptors (Lipinski definition) is 3. The molecule has 0 bridgehead atoms. The van der Waals surface area contributed by atoms with Gasteiger partial charge in [-0.25, -0.2) is 0 Å². The highest BCUT2D eigenvalue weighted by Crippen LogP contribution is 2.27.